The quantitative estimate of drug-likeness (QED) is 0.181. The van der Waals surface area contributed by atoms with Gasteiger partial charge in [-0.2, -0.15) is 0 Å². The summed E-state index contributed by atoms with van der Waals surface area (Å²) in [5, 5.41) is -0.569. The predicted octanol–water partition coefficient (Wildman–Crippen LogP) is 6.98. The van der Waals surface area contributed by atoms with Gasteiger partial charge in [-0.3, -0.25) is 9.59 Å². The van der Waals surface area contributed by atoms with E-state index in [4.69, 9.17) is 30.5 Å². The molecule has 0 heterocycles. The van der Waals surface area contributed by atoms with Gasteiger partial charge in [0.15, 0.2) is 5.78 Å². The monoisotopic (exact) mass is 556 g/mol. The van der Waals surface area contributed by atoms with E-state index in [9.17, 15) is 18.4 Å². The molecule has 0 radical (unpaired) electrons. The van der Waals surface area contributed by atoms with E-state index in [1.165, 1.54) is 62.8 Å². The molecule has 0 aromatic heterocycles. The Morgan fingerprint density at radius 3 is 1.49 bits per heavy atom. The van der Waals surface area contributed by atoms with Gasteiger partial charge in [-0.05, 0) is 84.4 Å². The highest BCUT2D eigenvalue weighted by atomic mass is 35.5. The van der Waals surface area contributed by atoms with Crippen LogP contribution in [0.2, 0.25) is 0 Å². The van der Waals surface area contributed by atoms with E-state index in [-0.39, 0.29) is 17.4 Å². The molecule has 0 fully saturated rings. The molecule has 0 saturated heterocycles. The second kappa shape index (κ2) is 15.7. The fraction of sp³-hybridized carbons (Fsp3) is 0.133. The van der Waals surface area contributed by atoms with E-state index in [1.54, 1.807) is 32.4 Å². The van der Waals surface area contributed by atoms with Crippen molar-refractivity contribution in [3.05, 3.63) is 119 Å². The summed E-state index contributed by atoms with van der Waals surface area (Å²) in [4.78, 5) is 22.7. The van der Waals surface area contributed by atoms with Crippen LogP contribution in [0, 0.1) is 11.6 Å². The van der Waals surface area contributed by atoms with Crippen LogP contribution >= 0.6 is 11.6 Å². The highest BCUT2D eigenvalue weighted by Crippen LogP contribution is 2.26. The molecule has 9 heteroatoms. The number of halogens is 3. The summed E-state index contributed by atoms with van der Waals surface area (Å²) >= 11 is 5.09. The molecule has 0 unspecified atom stereocenters. The van der Waals surface area contributed by atoms with Gasteiger partial charge in [-0.25, -0.2) is 8.78 Å². The molecule has 204 valence electrons. The Labute approximate surface area is 230 Å². The largest absolute Gasteiger partial charge is 0.497 e. The number of rotatable bonds is 7. The third kappa shape index (κ3) is 9.75. The fourth-order valence-corrected chi connectivity index (χ4v) is 3.18. The minimum atomic E-state index is -0.569. The number of carbonyl (C=O) groups is 2. The summed E-state index contributed by atoms with van der Waals surface area (Å²) in [5.74, 6) is 1.69. The van der Waals surface area contributed by atoms with Gasteiger partial charge in [0.2, 0.25) is 0 Å². The molecule has 0 aliphatic heterocycles. The van der Waals surface area contributed by atoms with E-state index < -0.39 is 5.24 Å². The van der Waals surface area contributed by atoms with Crippen LogP contribution in [0.25, 0.3) is 0 Å². The average Bonchev–Trinajstić information content (AvgIpc) is 2.97. The molecule has 0 aliphatic carbocycles. The maximum Gasteiger partial charge on any atom is 0.252 e. The van der Waals surface area contributed by atoms with Gasteiger partial charge in [0.05, 0.1) is 34.0 Å². The lowest BCUT2D eigenvalue weighted by Gasteiger charge is -2.09. The number of hydrogen-bond donors (Lipinski definition) is 0. The number of hydrogen-bond acceptors (Lipinski definition) is 6. The summed E-state index contributed by atoms with van der Waals surface area (Å²) in [5.41, 5.74) is 1.13. The predicted molar refractivity (Wildman–Crippen MR) is 146 cm³/mol. The van der Waals surface area contributed by atoms with Gasteiger partial charge in [-0.1, -0.05) is 6.07 Å². The number of carbonyl (C=O) groups excluding carboxylic acids is 2. The van der Waals surface area contributed by atoms with Gasteiger partial charge in [0.25, 0.3) is 5.24 Å². The van der Waals surface area contributed by atoms with Crippen LogP contribution in [0.4, 0.5) is 8.78 Å². The Hall–Kier alpha value is -4.43. The van der Waals surface area contributed by atoms with Crippen LogP contribution < -0.4 is 18.9 Å². The molecule has 6 nitrogen and oxygen atoms in total. The van der Waals surface area contributed by atoms with E-state index in [0.29, 0.717) is 28.2 Å². The Balaban J connectivity index is 0.000000225. The van der Waals surface area contributed by atoms with Gasteiger partial charge in [-0.15, -0.1) is 0 Å². The van der Waals surface area contributed by atoms with Crippen LogP contribution in [0.3, 0.4) is 0 Å². The minimum absolute atomic E-state index is 0.223. The second-order valence-electron chi connectivity index (χ2n) is 7.57. The summed E-state index contributed by atoms with van der Waals surface area (Å²) < 4.78 is 45.2. The standard InChI is InChI=1S/C15H13FO3.C8H10O2.C7H4ClFO/c1-18-12-7-8-13(14(9-12)19-2)15(17)10-3-5-11(16)6-4-10;1-9-7-4-3-5-8(6-7)10-2;8-7(10)5-1-3-6(9)4-2-5/h3-9H,1-2H3;3-6H,1-2H3;1-4H. The lowest BCUT2D eigenvalue weighted by molar-refractivity contribution is 0.103. The molecule has 0 N–H and O–H groups in total. The van der Waals surface area contributed by atoms with Crippen LogP contribution in [0.5, 0.6) is 23.0 Å². The Morgan fingerprint density at radius 2 is 1.05 bits per heavy atom. The third-order valence-corrected chi connectivity index (χ3v) is 5.33. The van der Waals surface area contributed by atoms with E-state index >= 15 is 0 Å². The number of methoxy groups -OCH3 is 4. The molecule has 4 rings (SSSR count). The molecule has 0 atom stereocenters. The Kier molecular flexibility index (Phi) is 12.4. The number of ketones is 1. The SMILES string of the molecule is COc1ccc(C(=O)c2ccc(F)cc2)c(OC)c1.COc1cccc(OC)c1.O=C(Cl)c1ccc(F)cc1. The van der Waals surface area contributed by atoms with Crippen LogP contribution in [-0.4, -0.2) is 39.5 Å². The molecule has 4 aromatic carbocycles. The van der Waals surface area contributed by atoms with E-state index in [1.807, 2.05) is 24.3 Å². The van der Waals surface area contributed by atoms with Crippen molar-refractivity contribution in [1.29, 1.82) is 0 Å². The van der Waals surface area contributed by atoms with Crippen molar-refractivity contribution in [1.82, 2.24) is 0 Å². The number of benzene rings is 4. The van der Waals surface area contributed by atoms with Gasteiger partial charge in [0.1, 0.15) is 34.6 Å². The van der Waals surface area contributed by atoms with Gasteiger partial charge >= 0.3 is 0 Å². The van der Waals surface area contributed by atoms with Crippen molar-refractivity contribution in [3.8, 4) is 23.0 Å². The smallest absolute Gasteiger partial charge is 0.252 e. The van der Waals surface area contributed by atoms with Crippen LogP contribution in [0.1, 0.15) is 26.3 Å². The topological polar surface area (TPSA) is 71.1 Å². The lowest BCUT2D eigenvalue weighted by Crippen LogP contribution is -2.04. The number of ether oxygens (including phenoxy) is 4. The third-order valence-electron chi connectivity index (χ3n) is 5.11. The molecule has 0 aliphatic rings. The lowest BCUT2D eigenvalue weighted by atomic mass is 10.0. The molecule has 0 bridgehead atoms. The molecule has 0 spiro atoms. The maximum absolute atomic E-state index is 12.8. The zero-order valence-corrected chi connectivity index (χ0v) is 22.5. The average molecular weight is 557 g/mol. The molecular weight excluding hydrogens is 530 g/mol. The van der Waals surface area contributed by atoms with E-state index in [2.05, 4.69) is 0 Å². The highest BCUT2D eigenvalue weighted by molar-refractivity contribution is 6.67. The van der Waals surface area contributed by atoms with Crippen molar-refractivity contribution >= 4 is 22.6 Å². The van der Waals surface area contributed by atoms with Crippen LogP contribution in [0.15, 0.2) is 91.0 Å². The molecule has 4 aromatic rings. The minimum Gasteiger partial charge on any atom is -0.497 e. The zero-order valence-electron chi connectivity index (χ0n) is 21.7. The highest BCUT2D eigenvalue weighted by Gasteiger charge is 2.15. The van der Waals surface area contributed by atoms with Crippen molar-refractivity contribution < 1.29 is 37.3 Å². The Bertz CT molecular complexity index is 1340. The van der Waals surface area contributed by atoms with Gasteiger partial charge in [0, 0.05) is 23.3 Å². The zero-order chi connectivity index (χ0) is 28.8. The second-order valence-corrected chi connectivity index (χ2v) is 7.91. The molecule has 39 heavy (non-hydrogen) atoms. The summed E-state index contributed by atoms with van der Waals surface area (Å²) in [6, 6.07) is 22.9. The molecule has 0 amide bonds. The first kappa shape index (κ1) is 30.8. The first-order chi connectivity index (χ1) is 18.7. The summed E-state index contributed by atoms with van der Waals surface area (Å²) in [7, 11) is 6.29. The van der Waals surface area contributed by atoms with E-state index in [0.717, 1.165) is 11.5 Å². The first-order valence-corrected chi connectivity index (χ1v) is 11.8. The van der Waals surface area contributed by atoms with Crippen molar-refractivity contribution in [3.63, 3.8) is 0 Å². The molecule has 0 saturated carbocycles. The summed E-state index contributed by atoms with van der Waals surface area (Å²) in [6.07, 6.45) is 0. The van der Waals surface area contributed by atoms with Crippen molar-refractivity contribution in [2.24, 2.45) is 0 Å². The van der Waals surface area contributed by atoms with Crippen molar-refractivity contribution in [2.45, 2.75) is 0 Å². The van der Waals surface area contributed by atoms with Gasteiger partial charge < -0.3 is 18.9 Å². The molecular formula is C30H27ClF2O6. The first-order valence-electron chi connectivity index (χ1n) is 11.4. The fourth-order valence-electron chi connectivity index (χ4n) is 3.05. The maximum atomic E-state index is 12.8. The summed E-state index contributed by atoms with van der Waals surface area (Å²) in [6.45, 7) is 0. The normalized spacial score (nSPS) is 9.62. The van der Waals surface area contributed by atoms with Crippen molar-refractivity contribution in [2.75, 3.05) is 28.4 Å². The van der Waals surface area contributed by atoms with Crippen LogP contribution in [-0.2, 0) is 0 Å². The Morgan fingerprint density at radius 1 is 0.590 bits per heavy atom.